The van der Waals surface area contributed by atoms with Gasteiger partial charge in [0.1, 0.15) is 0 Å². The summed E-state index contributed by atoms with van der Waals surface area (Å²) in [5.41, 5.74) is 1.90. The van der Waals surface area contributed by atoms with Crippen LogP contribution in [0, 0.1) is 6.92 Å². The molecule has 150 valence electrons. The third-order valence-corrected chi connectivity index (χ3v) is 5.78. The Bertz CT molecular complexity index is 1010. The van der Waals surface area contributed by atoms with Gasteiger partial charge in [-0.2, -0.15) is 0 Å². The van der Waals surface area contributed by atoms with Crippen molar-refractivity contribution >= 4 is 28.8 Å². The summed E-state index contributed by atoms with van der Waals surface area (Å²) >= 11 is 1.60. The standard InChI is InChI=1S/C21H22N4O3S/c1-14-4-9-17(29-14)21-24-23-19(28-21)11-10-18(26)22-13-15-5-7-16(8-6-15)25-12-2-3-20(25)27/h4-9H,2-3,10-13H2,1H3,(H,22,26). The molecule has 1 fully saturated rings. The number of aromatic nitrogens is 2. The Hall–Kier alpha value is -3.00. The highest BCUT2D eigenvalue weighted by Gasteiger charge is 2.21. The van der Waals surface area contributed by atoms with Crippen molar-refractivity contribution in [3.05, 3.63) is 52.7 Å². The zero-order valence-corrected chi connectivity index (χ0v) is 17.0. The molecule has 8 heteroatoms. The molecule has 1 aliphatic heterocycles. The number of carbonyl (C=O) groups excluding carboxylic acids is 2. The van der Waals surface area contributed by atoms with Gasteiger partial charge in [0, 0.05) is 42.9 Å². The Morgan fingerprint density at radius 1 is 1.21 bits per heavy atom. The summed E-state index contributed by atoms with van der Waals surface area (Å²) in [4.78, 5) is 27.9. The predicted octanol–water partition coefficient (Wildman–Crippen LogP) is 3.48. The van der Waals surface area contributed by atoms with Crippen molar-refractivity contribution in [1.29, 1.82) is 0 Å². The second-order valence-corrected chi connectivity index (χ2v) is 8.29. The lowest BCUT2D eigenvalue weighted by Crippen LogP contribution is -2.24. The first kappa shape index (κ1) is 19.3. The molecule has 4 rings (SSSR count). The van der Waals surface area contributed by atoms with Crippen molar-refractivity contribution in [3.63, 3.8) is 0 Å². The minimum atomic E-state index is -0.0736. The van der Waals surface area contributed by atoms with E-state index in [1.165, 1.54) is 4.88 Å². The largest absolute Gasteiger partial charge is 0.420 e. The summed E-state index contributed by atoms with van der Waals surface area (Å²) in [5.74, 6) is 1.05. The Labute approximate surface area is 172 Å². The molecule has 3 heterocycles. The van der Waals surface area contributed by atoms with Crippen molar-refractivity contribution < 1.29 is 14.0 Å². The lowest BCUT2D eigenvalue weighted by atomic mass is 10.2. The van der Waals surface area contributed by atoms with Gasteiger partial charge >= 0.3 is 0 Å². The molecule has 1 N–H and O–H groups in total. The van der Waals surface area contributed by atoms with E-state index < -0.39 is 0 Å². The SMILES string of the molecule is Cc1ccc(-c2nnc(CCC(=O)NCc3ccc(N4CCCC4=O)cc3)o2)s1. The molecule has 0 atom stereocenters. The maximum atomic E-state index is 12.1. The van der Waals surface area contributed by atoms with Crippen molar-refractivity contribution in [2.45, 2.75) is 39.2 Å². The van der Waals surface area contributed by atoms with Crippen molar-refractivity contribution in [2.24, 2.45) is 0 Å². The third kappa shape index (κ3) is 4.71. The van der Waals surface area contributed by atoms with Gasteiger partial charge in [0.2, 0.25) is 17.7 Å². The number of thiophene rings is 1. The summed E-state index contributed by atoms with van der Waals surface area (Å²) in [5, 5.41) is 11.0. The number of hydrogen-bond acceptors (Lipinski definition) is 6. The normalized spacial score (nSPS) is 13.8. The molecule has 1 saturated heterocycles. The maximum Gasteiger partial charge on any atom is 0.257 e. The van der Waals surface area contributed by atoms with Gasteiger partial charge in [-0.1, -0.05) is 12.1 Å². The fourth-order valence-electron chi connectivity index (χ4n) is 3.23. The molecule has 1 aliphatic rings. The van der Waals surface area contributed by atoms with E-state index >= 15 is 0 Å². The minimum Gasteiger partial charge on any atom is -0.420 e. The lowest BCUT2D eigenvalue weighted by molar-refractivity contribution is -0.121. The van der Waals surface area contributed by atoms with Crippen molar-refractivity contribution in [1.82, 2.24) is 15.5 Å². The van der Waals surface area contributed by atoms with Gasteiger partial charge in [0.05, 0.1) is 4.88 Å². The van der Waals surface area contributed by atoms with Crippen LogP contribution in [0.4, 0.5) is 5.69 Å². The molecule has 7 nitrogen and oxygen atoms in total. The molecule has 0 unspecified atom stereocenters. The zero-order valence-electron chi connectivity index (χ0n) is 16.2. The molecule has 1 aromatic carbocycles. The van der Waals surface area contributed by atoms with Crippen LogP contribution in [0.15, 0.2) is 40.8 Å². The van der Waals surface area contributed by atoms with Crippen LogP contribution in [0.2, 0.25) is 0 Å². The van der Waals surface area contributed by atoms with E-state index in [1.54, 1.807) is 16.2 Å². The van der Waals surface area contributed by atoms with E-state index in [9.17, 15) is 9.59 Å². The van der Waals surface area contributed by atoms with E-state index in [0.29, 0.717) is 31.2 Å². The number of hydrogen-bond donors (Lipinski definition) is 1. The Morgan fingerprint density at radius 3 is 2.72 bits per heavy atom. The summed E-state index contributed by atoms with van der Waals surface area (Å²) in [7, 11) is 0. The van der Waals surface area contributed by atoms with Crippen LogP contribution in [-0.2, 0) is 22.6 Å². The fraction of sp³-hybridized carbons (Fsp3) is 0.333. The quantitative estimate of drug-likeness (QED) is 0.644. The zero-order chi connectivity index (χ0) is 20.2. The van der Waals surface area contributed by atoms with Gasteiger partial charge in [-0.25, -0.2) is 0 Å². The number of aryl methyl sites for hydroxylation is 2. The number of anilines is 1. The van der Waals surface area contributed by atoms with E-state index in [1.807, 2.05) is 43.3 Å². The van der Waals surface area contributed by atoms with E-state index in [2.05, 4.69) is 15.5 Å². The monoisotopic (exact) mass is 410 g/mol. The molecule has 0 saturated carbocycles. The number of nitrogens with one attached hydrogen (secondary N) is 1. The summed E-state index contributed by atoms with van der Waals surface area (Å²) in [6.07, 6.45) is 2.21. The van der Waals surface area contributed by atoms with Crippen molar-refractivity contribution in [3.8, 4) is 10.8 Å². The average Bonchev–Trinajstić information content (AvgIpc) is 3.46. The molecule has 29 heavy (non-hydrogen) atoms. The summed E-state index contributed by atoms with van der Waals surface area (Å²) in [6, 6.07) is 11.7. The van der Waals surface area contributed by atoms with Crippen LogP contribution < -0.4 is 10.2 Å². The van der Waals surface area contributed by atoms with E-state index in [4.69, 9.17) is 4.42 Å². The molecular formula is C21H22N4O3S. The highest BCUT2D eigenvalue weighted by molar-refractivity contribution is 7.15. The molecule has 0 spiro atoms. The van der Waals surface area contributed by atoms with Crippen LogP contribution in [0.25, 0.3) is 10.8 Å². The molecule has 0 bridgehead atoms. The summed E-state index contributed by atoms with van der Waals surface area (Å²) < 4.78 is 5.64. The number of carbonyl (C=O) groups is 2. The second-order valence-electron chi connectivity index (χ2n) is 7.00. The van der Waals surface area contributed by atoms with Gasteiger partial charge in [-0.15, -0.1) is 21.5 Å². The molecule has 3 aromatic rings. The van der Waals surface area contributed by atoms with Crippen LogP contribution >= 0.6 is 11.3 Å². The first-order chi connectivity index (χ1) is 14.1. The first-order valence-electron chi connectivity index (χ1n) is 9.64. The Kier molecular flexibility index (Phi) is 5.71. The Balaban J connectivity index is 1.24. The van der Waals surface area contributed by atoms with Gasteiger partial charge in [0.15, 0.2) is 0 Å². The molecule has 0 radical (unpaired) electrons. The van der Waals surface area contributed by atoms with E-state index in [-0.39, 0.29) is 18.2 Å². The first-order valence-corrected chi connectivity index (χ1v) is 10.5. The van der Waals surface area contributed by atoms with Crippen LogP contribution in [0.3, 0.4) is 0 Å². The number of amides is 2. The van der Waals surface area contributed by atoms with Gasteiger partial charge in [0.25, 0.3) is 5.89 Å². The maximum absolute atomic E-state index is 12.1. The summed E-state index contributed by atoms with van der Waals surface area (Å²) in [6.45, 7) is 3.24. The highest BCUT2D eigenvalue weighted by atomic mass is 32.1. The molecular weight excluding hydrogens is 388 g/mol. The van der Waals surface area contributed by atoms with Gasteiger partial charge < -0.3 is 14.6 Å². The lowest BCUT2D eigenvalue weighted by Gasteiger charge is -2.16. The molecule has 2 aromatic heterocycles. The third-order valence-electron chi connectivity index (χ3n) is 4.80. The van der Waals surface area contributed by atoms with E-state index in [0.717, 1.165) is 29.1 Å². The van der Waals surface area contributed by atoms with Crippen LogP contribution in [-0.4, -0.2) is 28.6 Å². The minimum absolute atomic E-state index is 0.0736. The topological polar surface area (TPSA) is 88.3 Å². The molecule has 0 aliphatic carbocycles. The van der Waals surface area contributed by atoms with Crippen LogP contribution in [0.5, 0.6) is 0 Å². The Morgan fingerprint density at radius 2 is 2.03 bits per heavy atom. The van der Waals surface area contributed by atoms with Gasteiger partial charge in [-0.05, 0) is 43.2 Å². The smallest absolute Gasteiger partial charge is 0.257 e. The number of benzene rings is 1. The fourth-order valence-corrected chi connectivity index (χ4v) is 4.02. The van der Waals surface area contributed by atoms with Crippen molar-refractivity contribution in [2.75, 3.05) is 11.4 Å². The predicted molar refractivity (Wildman–Crippen MR) is 111 cm³/mol. The molecule has 2 amide bonds. The highest BCUT2D eigenvalue weighted by Crippen LogP contribution is 2.26. The number of rotatable bonds is 7. The second kappa shape index (κ2) is 8.57. The van der Waals surface area contributed by atoms with Gasteiger partial charge in [-0.3, -0.25) is 9.59 Å². The van der Waals surface area contributed by atoms with Crippen LogP contribution in [0.1, 0.15) is 35.6 Å². The number of nitrogens with zero attached hydrogens (tertiary/aromatic N) is 3. The average molecular weight is 410 g/mol.